The van der Waals surface area contributed by atoms with Crippen molar-refractivity contribution in [2.45, 2.75) is 84.2 Å². The van der Waals surface area contributed by atoms with Crippen molar-refractivity contribution >= 4 is 12.9 Å². The highest BCUT2D eigenvalue weighted by Crippen LogP contribution is 2.44. The van der Waals surface area contributed by atoms with Crippen LogP contribution in [0.15, 0.2) is 18.2 Å². The van der Waals surface area contributed by atoms with Crippen LogP contribution in [0.1, 0.15) is 77.2 Å². The summed E-state index contributed by atoms with van der Waals surface area (Å²) >= 11 is 0. The van der Waals surface area contributed by atoms with Crippen molar-refractivity contribution in [1.29, 1.82) is 0 Å². The van der Waals surface area contributed by atoms with Gasteiger partial charge in [-0.1, -0.05) is 57.9 Å². The van der Waals surface area contributed by atoms with Crippen molar-refractivity contribution in [2.75, 3.05) is 85.9 Å². The Kier molecular flexibility index (Phi) is 22.3. The number of benzene rings is 1. The predicted molar refractivity (Wildman–Crippen MR) is 168 cm³/mol. The zero-order valence-electron chi connectivity index (χ0n) is 26.6. The molecule has 1 N–H and O–H groups in total. The van der Waals surface area contributed by atoms with Crippen LogP contribution in [0.2, 0.25) is 0 Å². The van der Waals surface area contributed by atoms with Crippen molar-refractivity contribution in [2.24, 2.45) is 0 Å². The highest BCUT2D eigenvalue weighted by Gasteiger charge is 2.28. The van der Waals surface area contributed by atoms with Gasteiger partial charge in [-0.25, -0.2) is 0 Å². The summed E-state index contributed by atoms with van der Waals surface area (Å²) < 4.78 is 58.5. The third-order valence-corrected chi connectivity index (χ3v) is 8.52. The molecular formula is C32H57O10P. The Morgan fingerprint density at radius 3 is 1.98 bits per heavy atom. The zero-order chi connectivity index (χ0) is 30.9. The third kappa shape index (κ3) is 18.5. The number of ether oxygens (including phenoxy) is 7. The van der Waals surface area contributed by atoms with E-state index in [1.54, 1.807) is 19.1 Å². The van der Waals surface area contributed by atoms with Gasteiger partial charge in [0.2, 0.25) is 0 Å². The number of unbranched alkanes of at least 4 members (excludes halogenated alkanes) is 7. The van der Waals surface area contributed by atoms with Crippen LogP contribution in [-0.2, 0) is 43.9 Å². The average molecular weight is 633 g/mol. The lowest BCUT2D eigenvalue weighted by Gasteiger charge is -2.21. The standard InChI is InChI=1S/C32H57O10P/c1-3-5-6-7-8-9-10-11-13-29-14-15-31(32(26-29)43(33,34)42-4-2)41-28-30-27-39-25-24-38-23-22-37-21-20-36-19-18-35-16-12-17-40-30/h14-15,26,30H,3-13,16-25,27-28H2,1-2H3,(H,33,34). The molecule has 0 aromatic heterocycles. The van der Waals surface area contributed by atoms with E-state index in [9.17, 15) is 9.46 Å². The van der Waals surface area contributed by atoms with Crippen LogP contribution in [0.25, 0.3) is 0 Å². The molecule has 0 spiro atoms. The summed E-state index contributed by atoms with van der Waals surface area (Å²) in [5.74, 6) is 0.324. The van der Waals surface area contributed by atoms with E-state index >= 15 is 0 Å². The molecule has 1 saturated heterocycles. The van der Waals surface area contributed by atoms with Gasteiger partial charge >= 0.3 is 7.60 Å². The minimum atomic E-state index is -4.06. The Morgan fingerprint density at radius 2 is 1.35 bits per heavy atom. The van der Waals surface area contributed by atoms with Gasteiger partial charge in [-0.3, -0.25) is 4.57 Å². The molecule has 2 atom stereocenters. The Hall–Kier alpha value is -1.07. The fraction of sp³-hybridized carbons (Fsp3) is 0.812. The third-order valence-electron chi connectivity index (χ3n) is 6.95. The summed E-state index contributed by atoms with van der Waals surface area (Å²) in [4.78, 5) is 10.7. The van der Waals surface area contributed by atoms with Crippen molar-refractivity contribution in [3.63, 3.8) is 0 Å². The molecule has 1 aromatic carbocycles. The van der Waals surface area contributed by atoms with Crippen molar-refractivity contribution in [1.82, 2.24) is 0 Å². The van der Waals surface area contributed by atoms with Crippen LogP contribution >= 0.6 is 7.60 Å². The van der Waals surface area contributed by atoms with Gasteiger partial charge in [0.15, 0.2) is 0 Å². The fourth-order valence-corrected chi connectivity index (χ4v) is 5.84. The minimum Gasteiger partial charge on any atom is -0.490 e. The van der Waals surface area contributed by atoms with Gasteiger partial charge in [0.1, 0.15) is 23.8 Å². The maximum atomic E-state index is 13.1. The molecule has 1 aromatic rings. The van der Waals surface area contributed by atoms with E-state index in [0.29, 0.717) is 84.8 Å². The molecule has 1 aliphatic heterocycles. The molecule has 2 rings (SSSR count). The molecular weight excluding hydrogens is 575 g/mol. The number of hydrogen-bond donors (Lipinski definition) is 1. The second kappa shape index (κ2) is 25.2. The van der Waals surface area contributed by atoms with Crippen molar-refractivity contribution in [3.05, 3.63) is 23.8 Å². The zero-order valence-corrected chi connectivity index (χ0v) is 27.5. The van der Waals surface area contributed by atoms with Gasteiger partial charge in [-0.05, 0) is 43.9 Å². The number of rotatable bonds is 15. The number of hydrogen-bond acceptors (Lipinski definition) is 9. The lowest BCUT2D eigenvalue weighted by atomic mass is 10.0. The summed E-state index contributed by atoms with van der Waals surface area (Å²) in [6, 6.07) is 5.50. The highest BCUT2D eigenvalue weighted by atomic mass is 31.2. The largest absolute Gasteiger partial charge is 0.490 e. The lowest BCUT2D eigenvalue weighted by molar-refractivity contribution is -0.0539. The van der Waals surface area contributed by atoms with Gasteiger partial charge in [-0.15, -0.1) is 0 Å². The van der Waals surface area contributed by atoms with Gasteiger partial charge in [0.25, 0.3) is 0 Å². The molecule has 0 amide bonds. The minimum absolute atomic E-state index is 0.122. The SMILES string of the molecule is CCCCCCCCCCc1ccc(OCC2COCCOCCOCCOCCOCCCO2)c(P(=O)(O)OCC)c1. The lowest BCUT2D eigenvalue weighted by Crippen LogP contribution is -2.30. The second-order valence-electron chi connectivity index (χ2n) is 10.6. The van der Waals surface area contributed by atoms with Crippen LogP contribution in [0.4, 0.5) is 0 Å². The first kappa shape index (κ1) is 38.1. The molecule has 0 radical (unpaired) electrons. The van der Waals surface area contributed by atoms with Gasteiger partial charge < -0.3 is 42.6 Å². The Balaban J connectivity index is 1.94. The quantitative estimate of drug-likeness (QED) is 0.197. The summed E-state index contributed by atoms with van der Waals surface area (Å²) in [7, 11) is -4.06. The molecule has 0 bridgehead atoms. The molecule has 1 fully saturated rings. The first-order valence-corrected chi connectivity index (χ1v) is 17.9. The van der Waals surface area contributed by atoms with Crippen molar-refractivity contribution in [3.8, 4) is 5.75 Å². The topological polar surface area (TPSA) is 111 Å². The summed E-state index contributed by atoms with van der Waals surface area (Å²) in [5.41, 5.74) is 1.00. The smallest absolute Gasteiger partial charge is 0.362 e. The maximum Gasteiger partial charge on any atom is 0.362 e. The van der Waals surface area contributed by atoms with E-state index in [0.717, 1.165) is 24.8 Å². The van der Waals surface area contributed by atoms with Gasteiger partial charge in [0.05, 0.1) is 66.1 Å². The molecule has 11 heteroatoms. The van der Waals surface area contributed by atoms with E-state index in [4.69, 9.17) is 37.7 Å². The molecule has 1 heterocycles. The second-order valence-corrected chi connectivity index (χ2v) is 12.4. The molecule has 2 unspecified atom stereocenters. The number of aryl methyl sites for hydroxylation is 1. The summed E-state index contributed by atoms with van der Waals surface area (Å²) in [6.07, 6.45) is 11.0. The van der Waals surface area contributed by atoms with Crippen LogP contribution in [0, 0.1) is 0 Å². The maximum absolute atomic E-state index is 13.1. The average Bonchev–Trinajstić information content (AvgIpc) is 3.00. The van der Waals surface area contributed by atoms with E-state index in [1.165, 1.54) is 38.5 Å². The van der Waals surface area contributed by atoms with Crippen LogP contribution in [0.3, 0.4) is 0 Å². The van der Waals surface area contributed by atoms with Crippen LogP contribution in [0.5, 0.6) is 5.75 Å². The summed E-state index contributed by atoms with van der Waals surface area (Å²) in [5, 5.41) is 0.190. The van der Waals surface area contributed by atoms with Crippen LogP contribution < -0.4 is 10.0 Å². The molecule has 43 heavy (non-hydrogen) atoms. The van der Waals surface area contributed by atoms with Gasteiger partial charge in [0, 0.05) is 13.2 Å². The Bertz CT molecular complexity index is 835. The molecule has 0 saturated carbocycles. The van der Waals surface area contributed by atoms with E-state index in [2.05, 4.69) is 6.92 Å². The van der Waals surface area contributed by atoms with E-state index in [-0.39, 0.29) is 24.6 Å². The monoisotopic (exact) mass is 632 g/mol. The van der Waals surface area contributed by atoms with E-state index < -0.39 is 7.60 Å². The molecule has 0 aliphatic carbocycles. The summed E-state index contributed by atoms with van der Waals surface area (Å²) in [6.45, 7) is 9.41. The first-order valence-electron chi connectivity index (χ1n) is 16.3. The molecule has 10 nitrogen and oxygen atoms in total. The first-order chi connectivity index (χ1) is 21.1. The fourth-order valence-electron chi connectivity index (χ4n) is 4.60. The molecule has 1 aliphatic rings. The van der Waals surface area contributed by atoms with Crippen LogP contribution in [-0.4, -0.2) is 96.9 Å². The highest BCUT2D eigenvalue weighted by molar-refractivity contribution is 7.61. The predicted octanol–water partition coefficient (Wildman–Crippen LogP) is 5.47. The van der Waals surface area contributed by atoms with Gasteiger partial charge in [-0.2, -0.15) is 0 Å². The molecule has 250 valence electrons. The normalized spacial score (nSPS) is 20.4. The van der Waals surface area contributed by atoms with Crippen molar-refractivity contribution < 1.29 is 47.1 Å². The Labute approximate surface area is 259 Å². The van der Waals surface area contributed by atoms with E-state index in [1.807, 2.05) is 6.07 Å². The Morgan fingerprint density at radius 1 is 0.767 bits per heavy atom.